The van der Waals surface area contributed by atoms with Gasteiger partial charge in [0.15, 0.2) is 5.82 Å². The lowest BCUT2D eigenvalue weighted by Gasteiger charge is -2.08. The van der Waals surface area contributed by atoms with Crippen LogP contribution in [0.15, 0.2) is 54.9 Å². The molecule has 0 fully saturated rings. The van der Waals surface area contributed by atoms with Crippen molar-refractivity contribution in [3.8, 4) is 11.1 Å². The number of hydrogen-bond acceptors (Lipinski definition) is 4. The summed E-state index contributed by atoms with van der Waals surface area (Å²) in [6, 6.07) is 12.6. The first-order valence-electron chi connectivity index (χ1n) is 8.74. The smallest absolute Gasteiger partial charge is 0.295 e. The summed E-state index contributed by atoms with van der Waals surface area (Å²) in [4.78, 5) is 16.7. The monoisotopic (exact) mass is 410 g/mol. The van der Waals surface area contributed by atoms with E-state index in [1.807, 2.05) is 30.3 Å². The Hall–Kier alpha value is -3.52. The number of aromatic nitrogens is 5. The summed E-state index contributed by atoms with van der Waals surface area (Å²) in [5, 5.41) is 13.1. The lowest BCUT2D eigenvalue weighted by atomic mass is 10.1. The van der Waals surface area contributed by atoms with Crippen LogP contribution >= 0.6 is 11.6 Å². The number of H-pyrrole nitrogens is 1. The molecule has 1 amide bonds. The van der Waals surface area contributed by atoms with E-state index in [0.717, 1.165) is 11.1 Å². The molecule has 0 radical (unpaired) electrons. The summed E-state index contributed by atoms with van der Waals surface area (Å²) in [6.45, 7) is 0. The number of benzene rings is 2. The van der Waals surface area contributed by atoms with E-state index in [0.29, 0.717) is 17.8 Å². The number of nitrogens with zero attached hydrogens (tertiary/aromatic N) is 4. The molecule has 0 unspecified atom stereocenters. The van der Waals surface area contributed by atoms with Crippen molar-refractivity contribution in [1.82, 2.24) is 25.0 Å². The molecule has 0 aliphatic rings. The third kappa shape index (κ3) is 4.17. The number of carbonyl (C=O) groups is 1. The van der Waals surface area contributed by atoms with Gasteiger partial charge in [-0.05, 0) is 23.3 Å². The van der Waals surface area contributed by atoms with E-state index in [2.05, 4.69) is 25.6 Å². The van der Waals surface area contributed by atoms with Crippen LogP contribution < -0.4 is 5.32 Å². The SMILES string of the molecule is Cn1cc(-c2cc(Cl)c(F)c(NC(=O)c3n[nH]c(Cc4ccccc4)n3)c2)cn1. The number of aromatic amines is 1. The minimum atomic E-state index is -0.729. The third-order valence-corrected chi connectivity index (χ3v) is 4.54. The van der Waals surface area contributed by atoms with Crippen LogP contribution in [-0.4, -0.2) is 30.9 Å². The van der Waals surface area contributed by atoms with Gasteiger partial charge in [0.1, 0.15) is 5.82 Å². The third-order valence-electron chi connectivity index (χ3n) is 4.26. The Balaban J connectivity index is 1.55. The Kier molecular flexibility index (Phi) is 5.09. The van der Waals surface area contributed by atoms with Gasteiger partial charge in [-0.3, -0.25) is 14.6 Å². The van der Waals surface area contributed by atoms with E-state index < -0.39 is 11.7 Å². The van der Waals surface area contributed by atoms with Crippen LogP contribution in [0.5, 0.6) is 0 Å². The summed E-state index contributed by atoms with van der Waals surface area (Å²) < 4.78 is 16.1. The number of anilines is 1. The van der Waals surface area contributed by atoms with Crippen molar-refractivity contribution in [2.45, 2.75) is 6.42 Å². The molecule has 0 aliphatic heterocycles. The molecule has 2 N–H and O–H groups in total. The summed E-state index contributed by atoms with van der Waals surface area (Å²) in [7, 11) is 1.77. The molecule has 2 aromatic carbocycles. The standard InChI is InChI=1S/C20H16ClFN6O/c1-28-11-14(10-23-28)13-8-15(21)18(22)16(9-13)24-20(29)19-25-17(26-27-19)7-12-5-3-2-4-6-12/h2-6,8-11H,7H2,1H3,(H,24,29)(H,25,26,27). The summed E-state index contributed by atoms with van der Waals surface area (Å²) in [5.74, 6) is -0.922. The van der Waals surface area contributed by atoms with Crippen molar-refractivity contribution in [2.24, 2.45) is 7.05 Å². The summed E-state index contributed by atoms with van der Waals surface area (Å²) in [5.41, 5.74) is 2.33. The first-order chi connectivity index (χ1) is 14.0. The van der Waals surface area contributed by atoms with Crippen molar-refractivity contribution < 1.29 is 9.18 Å². The van der Waals surface area contributed by atoms with Gasteiger partial charge in [-0.25, -0.2) is 9.37 Å². The zero-order valence-corrected chi connectivity index (χ0v) is 16.1. The van der Waals surface area contributed by atoms with Crippen LogP contribution in [-0.2, 0) is 13.5 Å². The van der Waals surface area contributed by atoms with Gasteiger partial charge in [0.25, 0.3) is 5.91 Å². The van der Waals surface area contributed by atoms with Gasteiger partial charge in [-0.1, -0.05) is 41.9 Å². The molecule has 0 saturated heterocycles. The van der Waals surface area contributed by atoms with Crippen molar-refractivity contribution in [1.29, 1.82) is 0 Å². The Morgan fingerprint density at radius 2 is 2.03 bits per heavy atom. The highest BCUT2D eigenvalue weighted by molar-refractivity contribution is 6.31. The zero-order valence-electron chi connectivity index (χ0n) is 15.4. The van der Waals surface area contributed by atoms with Crippen molar-refractivity contribution in [2.75, 3.05) is 5.32 Å². The zero-order chi connectivity index (χ0) is 20.4. The van der Waals surface area contributed by atoms with E-state index in [4.69, 9.17) is 11.6 Å². The second-order valence-electron chi connectivity index (χ2n) is 6.44. The predicted molar refractivity (Wildman–Crippen MR) is 107 cm³/mol. The van der Waals surface area contributed by atoms with Gasteiger partial charge in [0, 0.05) is 25.2 Å². The van der Waals surface area contributed by atoms with E-state index in [1.54, 1.807) is 24.1 Å². The van der Waals surface area contributed by atoms with E-state index in [9.17, 15) is 9.18 Å². The quantitative estimate of drug-likeness (QED) is 0.523. The highest BCUT2D eigenvalue weighted by Gasteiger charge is 2.18. The normalized spacial score (nSPS) is 10.9. The Labute approximate surface area is 170 Å². The van der Waals surface area contributed by atoms with Crippen LogP contribution in [0, 0.1) is 5.82 Å². The largest absolute Gasteiger partial charge is 0.317 e. The van der Waals surface area contributed by atoms with Gasteiger partial charge in [0.05, 0.1) is 16.9 Å². The van der Waals surface area contributed by atoms with Gasteiger partial charge in [-0.2, -0.15) is 5.10 Å². The molecule has 4 aromatic rings. The lowest BCUT2D eigenvalue weighted by molar-refractivity contribution is 0.101. The number of nitrogens with one attached hydrogen (secondary N) is 2. The molecule has 2 heterocycles. The lowest BCUT2D eigenvalue weighted by Crippen LogP contribution is -2.15. The predicted octanol–water partition coefficient (Wildman–Crippen LogP) is 3.84. The molecule has 7 nitrogen and oxygen atoms in total. The van der Waals surface area contributed by atoms with Crippen LogP contribution in [0.1, 0.15) is 22.0 Å². The highest BCUT2D eigenvalue weighted by Crippen LogP contribution is 2.30. The highest BCUT2D eigenvalue weighted by atomic mass is 35.5. The average Bonchev–Trinajstić information content (AvgIpc) is 3.35. The number of hydrogen-bond donors (Lipinski definition) is 2. The molecule has 9 heteroatoms. The Morgan fingerprint density at radius 3 is 2.76 bits per heavy atom. The molecule has 0 atom stereocenters. The van der Waals surface area contributed by atoms with Crippen molar-refractivity contribution >= 4 is 23.2 Å². The molecule has 146 valence electrons. The molecule has 2 aromatic heterocycles. The topological polar surface area (TPSA) is 88.5 Å². The second-order valence-corrected chi connectivity index (χ2v) is 6.85. The fourth-order valence-corrected chi connectivity index (χ4v) is 3.08. The number of carbonyl (C=O) groups excluding carboxylic acids is 1. The van der Waals surface area contributed by atoms with Crippen LogP contribution in [0.25, 0.3) is 11.1 Å². The average molecular weight is 411 g/mol. The first-order valence-corrected chi connectivity index (χ1v) is 9.12. The second kappa shape index (κ2) is 7.84. The van der Waals surface area contributed by atoms with Gasteiger partial charge in [-0.15, -0.1) is 5.10 Å². The molecule has 4 rings (SSSR count). The minimum Gasteiger partial charge on any atom is -0.317 e. The number of amides is 1. The van der Waals surface area contributed by atoms with Crippen LogP contribution in [0.2, 0.25) is 5.02 Å². The molecule has 0 aliphatic carbocycles. The van der Waals surface area contributed by atoms with Crippen molar-refractivity contribution in [3.63, 3.8) is 0 Å². The van der Waals surface area contributed by atoms with Crippen LogP contribution in [0.4, 0.5) is 10.1 Å². The maximum atomic E-state index is 14.5. The fourth-order valence-electron chi connectivity index (χ4n) is 2.86. The molecular weight excluding hydrogens is 395 g/mol. The summed E-state index contributed by atoms with van der Waals surface area (Å²) in [6.07, 6.45) is 3.89. The Morgan fingerprint density at radius 1 is 1.24 bits per heavy atom. The molecule has 0 bridgehead atoms. The minimum absolute atomic E-state index is 0.0595. The molecule has 0 spiro atoms. The number of rotatable bonds is 5. The van der Waals surface area contributed by atoms with E-state index in [-0.39, 0.29) is 16.5 Å². The fraction of sp³-hybridized carbons (Fsp3) is 0.100. The Bertz CT molecular complexity index is 1170. The molecule has 0 saturated carbocycles. The maximum Gasteiger partial charge on any atom is 0.295 e. The van der Waals surface area contributed by atoms with E-state index in [1.165, 1.54) is 12.1 Å². The van der Waals surface area contributed by atoms with Crippen molar-refractivity contribution in [3.05, 3.63) is 82.9 Å². The number of aryl methyl sites for hydroxylation is 1. The first kappa shape index (κ1) is 18.8. The van der Waals surface area contributed by atoms with Gasteiger partial charge in [0.2, 0.25) is 5.82 Å². The molecule has 29 heavy (non-hydrogen) atoms. The summed E-state index contributed by atoms with van der Waals surface area (Å²) >= 11 is 6.01. The van der Waals surface area contributed by atoms with Gasteiger partial charge < -0.3 is 5.32 Å². The van der Waals surface area contributed by atoms with Gasteiger partial charge >= 0.3 is 0 Å². The maximum absolute atomic E-state index is 14.5. The van der Waals surface area contributed by atoms with Crippen LogP contribution in [0.3, 0.4) is 0 Å². The van der Waals surface area contributed by atoms with E-state index >= 15 is 0 Å². The number of halogens is 2. The molecular formula is C20H16ClFN6O.